The lowest BCUT2D eigenvalue weighted by atomic mass is 10.2. The maximum atomic E-state index is 12.5. The van der Waals surface area contributed by atoms with Crippen LogP contribution in [0.15, 0.2) is 42.5 Å². The van der Waals surface area contributed by atoms with Crippen molar-refractivity contribution in [3.8, 4) is 17.1 Å². The van der Waals surface area contributed by atoms with Crippen molar-refractivity contribution in [1.82, 2.24) is 19.7 Å². The fraction of sp³-hybridized carbons (Fsp3) is 0.238. The Morgan fingerprint density at radius 1 is 1.27 bits per heavy atom. The molecule has 0 unspecified atom stereocenters. The summed E-state index contributed by atoms with van der Waals surface area (Å²) in [5, 5.41) is 10.6. The molecule has 0 aliphatic heterocycles. The molecule has 9 heteroatoms. The van der Waals surface area contributed by atoms with E-state index in [0.29, 0.717) is 22.3 Å². The van der Waals surface area contributed by atoms with Crippen molar-refractivity contribution < 1.29 is 9.53 Å². The summed E-state index contributed by atoms with van der Waals surface area (Å²) in [6, 6.07) is 13.7. The first kappa shape index (κ1) is 20.2. The smallest absolute Gasteiger partial charge is 0.227 e. The Hall–Kier alpha value is -3.04. The van der Waals surface area contributed by atoms with Gasteiger partial charge >= 0.3 is 0 Å². The van der Waals surface area contributed by atoms with Gasteiger partial charge in [-0.1, -0.05) is 24.3 Å². The predicted molar refractivity (Wildman–Crippen MR) is 122 cm³/mol. The van der Waals surface area contributed by atoms with Gasteiger partial charge in [-0.3, -0.25) is 14.5 Å². The molecule has 30 heavy (non-hydrogen) atoms. The van der Waals surface area contributed by atoms with Gasteiger partial charge in [0.2, 0.25) is 5.91 Å². The second-order valence-electron chi connectivity index (χ2n) is 6.71. The average Bonchev–Trinajstić information content (AvgIpc) is 3.34. The SMILES string of the molecule is CCc1ccc2nc(NC(=O)CCn3c(-c4ccc(OC)cc4)n[nH]c3=S)sc2c1. The van der Waals surface area contributed by atoms with E-state index in [1.807, 2.05) is 34.9 Å². The first-order chi connectivity index (χ1) is 14.6. The molecule has 154 valence electrons. The molecule has 2 N–H and O–H groups in total. The number of benzene rings is 2. The van der Waals surface area contributed by atoms with Gasteiger partial charge in [0, 0.05) is 18.5 Å². The van der Waals surface area contributed by atoms with Crippen molar-refractivity contribution in [3.63, 3.8) is 0 Å². The molecule has 2 aromatic heterocycles. The Morgan fingerprint density at radius 2 is 2.07 bits per heavy atom. The number of aromatic nitrogens is 4. The van der Waals surface area contributed by atoms with Crippen LogP contribution in [0, 0.1) is 4.77 Å². The molecule has 4 rings (SSSR count). The van der Waals surface area contributed by atoms with Crippen LogP contribution in [0.25, 0.3) is 21.6 Å². The largest absolute Gasteiger partial charge is 0.497 e. The van der Waals surface area contributed by atoms with Crippen LogP contribution in [0.4, 0.5) is 5.13 Å². The summed E-state index contributed by atoms with van der Waals surface area (Å²) < 4.78 is 8.56. The third-order valence-electron chi connectivity index (χ3n) is 4.78. The van der Waals surface area contributed by atoms with Crippen LogP contribution in [0.5, 0.6) is 5.75 Å². The molecular formula is C21H21N5O2S2. The zero-order valence-corrected chi connectivity index (χ0v) is 18.3. The van der Waals surface area contributed by atoms with Crippen LogP contribution in [0.1, 0.15) is 18.9 Å². The van der Waals surface area contributed by atoms with Gasteiger partial charge in [0.25, 0.3) is 0 Å². The van der Waals surface area contributed by atoms with E-state index in [9.17, 15) is 4.79 Å². The van der Waals surface area contributed by atoms with Crippen molar-refractivity contribution in [1.29, 1.82) is 0 Å². The summed E-state index contributed by atoms with van der Waals surface area (Å²) in [6.45, 7) is 2.53. The number of hydrogen-bond donors (Lipinski definition) is 2. The fourth-order valence-electron chi connectivity index (χ4n) is 3.12. The number of ether oxygens (including phenoxy) is 1. The maximum absolute atomic E-state index is 12.5. The number of nitrogens with zero attached hydrogens (tertiary/aromatic N) is 3. The number of thiazole rings is 1. The molecule has 0 saturated heterocycles. The number of fused-ring (bicyclic) bond motifs is 1. The molecule has 0 fully saturated rings. The summed E-state index contributed by atoms with van der Waals surface area (Å²) in [5.74, 6) is 1.33. The standard InChI is InChI=1S/C21H21N5O2S2/c1-3-13-4-9-16-17(12-13)30-20(22-16)23-18(27)10-11-26-19(24-25-21(26)29)14-5-7-15(28-2)8-6-14/h4-9,12H,3,10-11H2,1-2H3,(H,25,29)(H,22,23,27). The Kier molecular flexibility index (Phi) is 5.91. The Balaban J connectivity index is 1.45. The zero-order chi connectivity index (χ0) is 21.1. The number of H-pyrrole nitrogens is 1. The molecule has 0 spiro atoms. The second-order valence-corrected chi connectivity index (χ2v) is 8.12. The molecular weight excluding hydrogens is 418 g/mol. The number of aromatic amines is 1. The first-order valence-electron chi connectivity index (χ1n) is 9.56. The summed E-state index contributed by atoms with van der Waals surface area (Å²) in [4.78, 5) is 17.0. The molecule has 0 bridgehead atoms. The number of hydrogen-bond acceptors (Lipinski definition) is 6. The van der Waals surface area contributed by atoms with E-state index in [1.165, 1.54) is 16.9 Å². The van der Waals surface area contributed by atoms with Crippen molar-refractivity contribution >= 4 is 44.8 Å². The Labute approximate surface area is 182 Å². The van der Waals surface area contributed by atoms with Gasteiger partial charge in [-0.2, -0.15) is 5.10 Å². The third kappa shape index (κ3) is 4.27. The van der Waals surface area contributed by atoms with Gasteiger partial charge in [0.15, 0.2) is 15.7 Å². The monoisotopic (exact) mass is 439 g/mol. The lowest BCUT2D eigenvalue weighted by molar-refractivity contribution is -0.116. The van der Waals surface area contributed by atoms with Crippen LogP contribution < -0.4 is 10.1 Å². The summed E-state index contributed by atoms with van der Waals surface area (Å²) in [7, 11) is 1.62. The summed E-state index contributed by atoms with van der Waals surface area (Å²) in [6.07, 6.45) is 1.23. The number of amides is 1. The molecule has 7 nitrogen and oxygen atoms in total. The first-order valence-corrected chi connectivity index (χ1v) is 10.8. The van der Waals surface area contributed by atoms with Gasteiger partial charge in [0.05, 0.1) is 17.3 Å². The van der Waals surface area contributed by atoms with Gasteiger partial charge in [0.1, 0.15) is 5.75 Å². The summed E-state index contributed by atoms with van der Waals surface area (Å²) >= 11 is 6.83. The van der Waals surface area contributed by atoms with E-state index >= 15 is 0 Å². The molecule has 4 aromatic rings. The molecule has 2 aromatic carbocycles. The van der Waals surface area contributed by atoms with Crippen LogP contribution >= 0.6 is 23.6 Å². The van der Waals surface area contributed by atoms with Crippen molar-refractivity contribution in [3.05, 3.63) is 52.8 Å². The van der Waals surface area contributed by atoms with Crippen LogP contribution in [0.3, 0.4) is 0 Å². The van der Waals surface area contributed by atoms with Gasteiger partial charge in [-0.15, -0.1) is 0 Å². The number of rotatable bonds is 7. The van der Waals surface area contributed by atoms with Crippen molar-refractivity contribution in [2.75, 3.05) is 12.4 Å². The number of carbonyl (C=O) groups is 1. The second kappa shape index (κ2) is 8.76. The van der Waals surface area contributed by atoms with E-state index < -0.39 is 0 Å². The number of aryl methyl sites for hydroxylation is 1. The van der Waals surface area contributed by atoms with Crippen molar-refractivity contribution in [2.24, 2.45) is 0 Å². The van der Waals surface area contributed by atoms with E-state index in [-0.39, 0.29) is 12.3 Å². The molecule has 0 aliphatic carbocycles. The highest BCUT2D eigenvalue weighted by atomic mass is 32.1. The predicted octanol–water partition coefficient (Wildman–Crippen LogP) is 4.82. The van der Waals surface area contributed by atoms with Crippen LogP contribution in [0.2, 0.25) is 0 Å². The maximum Gasteiger partial charge on any atom is 0.227 e. The molecule has 2 heterocycles. The average molecular weight is 440 g/mol. The zero-order valence-electron chi connectivity index (χ0n) is 16.6. The number of carbonyl (C=O) groups excluding carboxylic acids is 1. The van der Waals surface area contributed by atoms with E-state index in [4.69, 9.17) is 17.0 Å². The minimum absolute atomic E-state index is 0.117. The number of anilines is 1. The normalized spacial score (nSPS) is 11.0. The van der Waals surface area contributed by atoms with Crippen LogP contribution in [-0.4, -0.2) is 32.8 Å². The highest BCUT2D eigenvalue weighted by Crippen LogP contribution is 2.27. The highest BCUT2D eigenvalue weighted by Gasteiger charge is 2.13. The third-order valence-corrected chi connectivity index (χ3v) is 6.02. The van der Waals surface area contributed by atoms with E-state index in [2.05, 4.69) is 39.6 Å². The Bertz CT molecular complexity index is 1240. The quantitative estimate of drug-likeness (QED) is 0.404. The van der Waals surface area contributed by atoms with Gasteiger partial charge in [-0.25, -0.2) is 4.98 Å². The van der Waals surface area contributed by atoms with E-state index in [0.717, 1.165) is 28.0 Å². The summed E-state index contributed by atoms with van der Waals surface area (Å²) in [5.41, 5.74) is 3.04. The minimum atomic E-state index is -0.117. The van der Waals surface area contributed by atoms with Crippen molar-refractivity contribution in [2.45, 2.75) is 26.3 Å². The minimum Gasteiger partial charge on any atom is -0.497 e. The molecule has 0 radical (unpaired) electrons. The van der Waals surface area contributed by atoms with Gasteiger partial charge in [-0.05, 0) is 60.6 Å². The Morgan fingerprint density at radius 3 is 2.80 bits per heavy atom. The number of nitrogens with one attached hydrogen (secondary N) is 2. The van der Waals surface area contributed by atoms with Crippen LogP contribution in [-0.2, 0) is 17.8 Å². The molecule has 1 amide bonds. The molecule has 0 atom stereocenters. The topological polar surface area (TPSA) is 84.8 Å². The lowest BCUT2D eigenvalue weighted by Gasteiger charge is -2.07. The highest BCUT2D eigenvalue weighted by molar-refractivity contribution is 7.71. The molecule has 0 saturated carbocycles. The fourth-order valence-corrected chi connectivity index (χ4v) is 4.29. The number of methoxy groups -OCH3 is 1. The van der Waals surface area contributed by atoms with E-state index in [1.54, 1.807) is 7.11 Å². The lowest BCUT2D eigenvalue weighted by Crippen LogP contribution is -2.15. The van der Waals surface area contributed by atoms with Gasteiger partial charge < -0.3 is 10.1 Å². The molecule has 0 aliphatic rings.